The van der Waals surface area contributed by atoms with E-state index in [4.69, 9.17) is 0 Å². The number of alkyl halides is 3. The predicted octanol–water partition coefficient (Wildman–Crippen LogP) is 5.16. The Morgan fingerprint density at radius 2 is 1.61 bits per heavy atom. The van der Waals surface area contributed by atoms with Crippen molar-refractivity contribution in [2.24, 2.45) is 4.99 Å². The molecule has 0 fully saturated rings. The van der Waals surface area contributed by atoms with E-state index in [1.165, 1.54) is 12.1 Å². The van der Waals surface area contributed by atoms with Gasteiger partial charge in [-0.2, -0.15) is 13.2 Å². The SMILES string of the molecule is CCc1ccccc1C(=O)CC(=Nc1ccccc1)C(F)(F)F. The summed E-state index contributed by atoms with van der Waals surface area (Å²) in [5.74, 6) is -0.575. The van der Waals surface area contributed by atoms with Gasteiger partial charge in [-0.1, -0.05) is 49.4 Å². The highest BCUT2D eigenvalue weighted by Gasteiger charge is 2.37. The normalized spacial score (nSPS) is 12.3. The first-order valence-corrected chi connectivity index (χ1v) is 7.22. The first kappa shape index (κ1) is 16.9. The number of carbonyl (C=O) groups excluding carboxylic acids is 1. The molecule has 2 rings (SSSR count). The fraction of sp³-hybridized carbons (Fsp3) is 0.222. The second-order valence-electron chi connectivity index (χ2n) is 5.00. The Kier molecular flexibility index (Phi) is 5.32. The fourth-order valence-corrected chi connectivity index (χ4v) is 2.21. The minimum Gasteiger partial charge on any atom is -0.294 e. The number of rotatable bonds is 5. The number of para-hydroxylation sites is 1. The van der Waals surface area contributed by atoms with Crippen molar-refractivity contribution in [3.05, 3.63) is 65.7 Å². The molecule has 0 amide bonds. The first-order valence-electron chi connectivity index (χ1n) is 7.22. The molecule has 5 heteroatoms. The van der Waals surface area contributed by atoms with Gasteiger partial charge < -0.3 is 0 Å². The molecule has 0 aliphatic carbocycles. The molecule has 0 N–H and O–H groups in total. The standard InChI is InChI=1S/C18H16F3NO/c1-2-13-8-6-7-11-15(13)16(23)12-17(18(19,20)21)22-14-9-4-3-5-10-14/h3-11H,2,12H2,1H3. The number of benzene rings is 2. The summed E-state index contributed by atoms with van der Waals surface area (Å²) in [6, 6.07) is 14.5. The molecule has 2 aromatic rings. The van der Waals surface area contributed by atoms with Crippen molar-refractivity contribution in [1.82, 2.24) is 0 Å². The molecule has 0 radical (unpaired) electrons. The smallest absolute Gasteiger partial charge is 0.294 e. The second-order valence-corrected chi connectivity index (χ2v) is 5.00. The third-order valence-corrected chi connectivity index (χ3v) is 3.37. The van der Waals surface area contributed by atoms with Gasteiger partial charge in [-0.3, -0.25) is 4.79 Å². The van der Waals surface area contributed by atoms with Crippen LogP contribution < -0.4 is 0 Å². The maximum atomic E-state index is 13.2. The van der Waals surface area contributed by atoms with Crippen molar-refractivity contribution >= 4 is 17.2 Å². The van der Waals surface area contributed by atoms with Crippen molar-refractivity contribution < 1.29 is 18.0 Å². The molecule has 0 saturated carbocycles. The molecule has 2 nitrogen and oxygen atoms in total. The van der Waals surface area contributed by atoms with Crippen LogP contribution >= 0.6 is 0 Å². The Labute approximate surface area is 132 Å². The van der Waals surface area contributed by atoms with E-state index >= 15 is 0 Å². The Morgan fingerprint density at radius 3 is 2.22 bits per heavy atom. The van der Waals surface area contributed by atoms with E-state index < -0.39 is 24.1 Å². The highest BCUT2D eigenvalue weighted by molar-refractivity contribution is 6.12. The van der Waals surface area contributed by atoms with Crippen molar-refractivity contribution in [3.63, 3.8) is 0 Å². The lowest BCUT2D eigenvalue weighted by Crippen LogP contribution is -2.26. The maximum Gasteiger partial charge on any atom is 0.429 e. The number of carbonyl (C=O) groups is 1. The maximum absolute atomic E-state index is 13.2. The lowest BCUT2D eigenvalue weighted by atomic mass is 9.98. The number of Topliss-reactive ketones (excluding diaryl/α,β-unsaturated/α-hetero) is 1. The molecule has 0 aliphatic heterocycles. The summed E-state index contributed by atoms with van der Waals surface area (Å²) >= 11 is 0. The number of hydrogen-bond acceptors (Lipinski definition) is 2. The van der Waals surface area contributed by atoms with Gasteiger partial charge in [-0.05, 0) is 24.1 Å². The molecular formula is C18H16F3NO. The second kappa shape index (κ2) is 7.22. The van der Waals surface area contributed by atoms with Gasteiger partial charge in [-0.25, -0.2) is 4.99 Å². The zero-order valence-corrected chi connectivity index (χ0v) is 12.6. The topological polar surface area (TPSA) is 29.4 Å². The largest absolute Gasteiger partial charge is 0.429 e. The number of aryl methyl sites for hydroxylation is 1. The number of aliphatic imine (C=N–C) groups is 1. The van der Waals surface area contributed by atoms with Crippen molar-refractivity contribution in [1.29, 1.82) is 0 Å². The number of ketones is 1. The fourth-order valence-electron chi connectivity index (χ4n) is 2.21. The van der Waals surface area contributed by atoms with Crippen LogP contribution in [0.25, 0.3) is 0 Å². The molecule has 120 valence electrons. The van der Waals surface area contributed by atoms with Gasteiger partial charge in [0.2, 0.25) is 0 Å². The quantitative estimate of drug-likeness (QED) is 0.553. The molecule has 2 aromatic carbocycles. The number of hydrogen-bond donors (Lipinski definition) is 0. The monoisotopic (exact) mass is 319 g/mol. The van der Waals surface area contributed by atoms with Crippen molar-refractivity contribution in [3.8, 4) is 0 Å². The Bertz CT molecular complexity index is 706. The highest BCUT2D eigenvalue weighted by Crippen LogP contribution is 2.25. The summed E-state index contributed by atoms with van der Waals surface area (Å²) < 4.78 is 39.5. The summed E-state index contributed by atoms with van der Waals surface area (Å²) in [5, 5.41) is 0. The van der Waals surface area contributed by atoms with Crippen LogP contribution in [0.5, 0.6) is 0 Å². The summed E-state index contributed by atoms with van der Waals surface area (Å²) in [6.45, 7) is 1.86. The molecular weight excluding hydrogens is 303 g/mol. The number of halogens is 3. The predicted molar refractivity (Wildman–Crippen MR) is 84.4 cm³/mol. The summed E-state index contributed by atoms with van der Waals surface area (Å²) in [7, 11) is 0. The molecule has 0 bridgehead atoms. The van der Waals surface area contributed by atoms with Gasteiger partial charge in [0.05, 0.1) is 12.1 Å². The van der Waals surface area contributed by atoms with E-state index in [1.807, 2.05) is 6.92 Å². The Hall–Kier alpha value is -2.43. The molecule has 0 heterocycles. The summed E-state index contributed by atoms with van der Waals surface area (Å²) in [5.41, 5.74) is 0.148. The lowest BCUT2D eigenvalue weighted by Gasteiger charge is -2.12. The average molecular weight is 319 g/mol. The van der Waals surface area contributed by atoms with E-state index in [9.17, 15) is 18.0 Å². The molecule has 0 unspecified atom stereocenters. The van der Waals surface area contributed by atoms with Crippen LogP contribution in [0.3, 0.4) is 0 Å². The van der Waals surface area contributed by atoms with Gasteiger partial charge in [0, 0.05) is 5.56 Å². The zero-order valence-electron chi connectivity index (χ0n) is 12.6. The van der Waals surface area contributed by atoms with E-state index in [2.05, 4.69) is 4.99 Å². The van der Waals surface area contributed by atoms with Crippen molar-refractivity contribution in [2.75, 3.05) is 0 Å². The highest BCUT2D eigenvalue weighted by atomic mass is 19.4. The van der Waals surface area contributed by atoms with Gasteiger partial charge in [0.1, 0.15) is 5.71 Å². The van der Waals surface area contributed by atoms with Crippen LogP contribution in [-0.4, -0.2) is 17.7 Å². The van der Waals surface area contributed by atoms with Gasteiger partial charge in [0.15, 0.2) is 5.78 Å². The van der Waals surface area contributed by atoms with Crippen LogP contribution in [0, 0.1) is 0 Å². The first-order chi connectivity index (χ1) is 10.9. The van der Waals surface area contributed by atoms with Crippen LogP contribution in [-0.2, 0) is 6.42 Å². The molecule has 0 spiro atoms. The van der Waals surface area contributed by atoms with Crippen LogP contribution in [0.4, 0.5) is 18.9 Å². The minimum atomic E-state index is -4.65. The van der Waals surface area contributed by atoms with Crippen LogP contribution in [0.2, 0.25) is 0 Å². The molecule has 0 aliphatic rings. The third-order valence-electron chi connectivity index (χ3n) is 3.37. The zero-order chi connectivity index (χ0) is 16.9. The molecule has 23 heavy (non-hydrogen) atoms. The lowest BCUT2D eigenvalue weighted by molar-refractivity contribution is -0.0601. The Morgan fingerprint density at radius 1 is 1.00 bits per heavy atom. The van der Waals surface area contributed by atoms with E-state index in [1.54, 1.807) is 42.5 Å². The van der Waals surface area contributed by atoms with E-state index in [0.717, 1.165) is 5.56 Å². The molecule has 0 aromatic heterocycles. The van der Waals surface area contributed by atoms with Crippen LogP contribution in [0.1, 0.15) is 29.3 Å². The average Bonchev–Trinajstić information content (AvgIpc) is 2.54. The summed E-state index contributed by atoms with van der Waals surface area (Å²) in [6.07, 6.45) is -4.83. The third kappa shape index (κ3) is 4.52. The summed E-state index contributed by atoms with van der Waals surface area (Å²) in [4.78, 5) is 15.9. The number of nitrogens with zero attached hydrogens (tertiary/aromatic N) is 1. The van der Waals surface area contributed by atoms with E-state index in [0.29, 0.717) is 12.0 Å². The van der Waals surface area contributed by atoms with E-state index in [-0.39, 0.29) is 5.69 Å². The molecule has 0 saturated heterocycles. The van der Waals surface area contributed by atoms with Crippen LogP contribution in [0.15, 0.2) is 59.6 Å². The van der Waals surface area contributed by atoms with Gasteiger partial charge in [-0.15, -0.1) is 0 Å². The van der Waals surface area contributed by atoms with Gasteiger partial charge in [0.25, 0.3) is 0 Å². The van der Waals surface area contributed by atoms with Gasteiger partial charge >= 0.3 is 6.18 Å². The van der Waals surface area contributed by atoms with Crippen molar-refractivity contribution in [2.45, 2.75) is 25.9 Å². The molecule has 0 atom stereocenters. The minimum absolute atomic E-state index is 0.177. The Balaban J connectivity index is 2.32.